The molecule has 1 aromatic carbocycles. The van der Waals surface area contributed by atoms with E-state index in [2.05, 4.69) is 31.2 Å². The lowest BCUT2D eigenvalue weighted by molar-refractivity contribution is 0.212. The van der Waals surface area contributed by atoms with Crippen LogP contribution in [0.4, 0.5) is 0 Å². The molecule has 0 aliphatic carbocycles. The van der Waals surface area contributed by atoms with Crippen molar-refractivity contribution in [2.75, 3.05) is 13.2 Å². The summed E-state index contributed by atoms with van der Waals surface area (Å²) in [7, 11) is -1.51. The maximum Gasteiger partial charge on any atom is 0.321 e. The van der Waals surface area contributed by atoms with Gasteiger partial charge in [-0.3, -0.25) is 0 Å². The molecule has 2 nitrogen and oxygen atoms in total. The molecule has 0 heterocycles. The fourth-order valence-corrected chi connectivity index (χ4v) is 4.06. The average molecular weight is 287 g/mol. The third-order valence-electron chi connectivity index (χ3n) is 2.95. The van der Waals surface area contributed by atoms with Gasteiger partial charge in [0.15, 0.2) is 0 Å². The van der Waals surface area contributed by atoms with Crippen LogP contribution in [0.1, 0.15) is 37.8 Å². The Morgan fingerprint density at radius 3 is 2.11 bits per heavy atom. The van der Waals surface area contributed by atoms with Gasteiger partial charge in [-0.25, -0.2) is 0 Å². The van der Waals surface area contributed by atoms with Gasteiger partial charge >= 0.3 is 9.28 Å². The fourth-order valence-electron chi connectivity index (χ4n) is 1.92. The molecule has 1 aromatic rings. The summed E-state index contributed by atoms with van der Waals surface area (Å²) in [6.07, 6.45) is 0. The topological polar surface area (TPSA) is 18.5 Å². The van der Waals surface area contributed by atoms with Crippen molar-refractivity contribution < 1.29 is 8.85 Å². The van der Waals surface area contributed by atoms with Crippen molar-refractivity contribution in [3.05, 3.63) is 35.4 Å². The van der Waals surface area contributed by atoms with Crippen LogP contribution in [0, 0.1) is 0 Å². The lowest BCUT2D eigenvalue weighted by Crippen LogP contribution is -2.24. The molecule has 0 bridgehead atoms. The fraction of sp³-hybridized carbons (Fsp3) is 0.571. The minimum atomic E-state index is -1.51. The summed E-state index contributed by atoms with van der Waals surface area (Å²) in [5, 5.41) is 0. The second-order valence-corrected chi connectivity index (χ2v) is 6.62. The lowest BCUT2D eigenvalue weighted by atomic mass is 10.0. The normalized spacial score (nSPS) is 12.9. The van der Waals surface area contributed by atoms with Crippen LogP contribution < -0.4 is 0 Å². The summed E-state index contributed by atoms with van der Waals surface area (Å²) in [6.45, 7) is 7.77. The summed E-state index contributed by atoms with van der Waals surface area (Å²) in [5.74, 6) is 1.05. The van der Waals surface area contributed by atoms with Crippen molar-refractivity contribution in [2.24, 2.45) is 0 Å². The summed E-state index contributed by atoms with van der Waals surface area (Å²) in [4.78, 5) is 0. The van der Waals surface area contributed by atoms with E-state index in [1.807, 2.05) is 13.8 Å². The minimum Gasteiger partial charge on any atom is -0.397 e. The number of halogens is 1. The molecule has 0 aliphatic heterocycles. The largest absolute Gasteiger partial charge is 0.397 e. The molecule has 1 rings (SSSR count). The molecule has 1 unspecified atom stereocenters. The van der Waals surface area contributed by atoms with Gasteiger partial charge in [0, 0.05) is 19.1 Å². The van der Waals surface area contributed by atoms with Crippen molar-refractivity contribution in [1.82, 2.24) is 0 Å². The van der Waals surface area contributed by atoms with Crippen LogP contribution in [-0.2, 0) is 14.7 Å². The first-order valence-corrected chi connectivity index (χ1v) is 8.88. The maximum absolute atomic E-state index is 5.79. The molecule has 0 radical (unpaired) electrons. The SMILES string of the molecule is CCO[SiH](CC(C)c1ccc(CCl)cc1)OCC. The first-order chi connectivity index (χ1) is 8.71. The molecule has 0 saturated heterocycles. The predicted molar refractivity (Wildman–Crippen MR) is 79.6 cm³/mol. The monoisotopic (exact) mass is 286 g/mol. The van der Waals surface area contributed by atoms with E-state index in [0.29, 0.717) is 11.8 Å². The van der Waals surface area contributed by atoms with E-state index in [0.717, 1.165) is 24.8 Å². The molecule has 4 heteroatoms. The van der Waals surface area contributed by atoms with Crippen LogP contribution >= 0.6 is 11.6 Å². The third-order valence-corrected chi connectivity index (χ3v) is 5.77. The van der Waals surface area contributed by atoms with Gasteiger partial charge in [0.2, 0.25) is 0 Å². The molecule has 18 heavy (non-hydrogen) atoms. The predicted octanol–water partition coefficient (Wildman–Crippen LogP) is 3.82. The smallest absolute Gasteiger partial charge is 0.321 e. The highest BCUT2D eigenvalue weighted by Crippen LogP contribution is 2.22. The van der Waals surface area contributed by atoms with Crippen molar-refractivity contribution >= 4 is 20.9 Å². The molecule has 0 aliphatic rings. The van der Waals surface area contributed by atoms with Crippen LogP contribution in [0.3, 0.4) is 0 Å². The molecular weight excluding hydrogens is 264 g/mol. The summed E-state index contributed by atoms with van der Waals surface area (Å²) in [6, 6.07) is 9.52. The zero-order chi connectivity index (χ0) is 13.4. The average Bonchev–Trinajstić information content (AvgIpc) is 2.39. The number of alkyl halides is 1. The molecule has 0 fully saturated rings. The highest BCUT2D eigenvalue weighted by Gasteiger charge is 2.17. The van der Waals surface area contributed by atoms with E-state index in [1.165, 1.54) is 5.56 Å². The van der Waals surface area contributed by atoms with Gasteiger partial charge in [0.05, 0.1) is 0 Å². The standard InChI is InChI=1S/C14H23ClO2Si/c1-4-16-18(17-5-2)11-12(3)14-8-6-13(10-15)7-9-14/h6-9,12,18H,4-5,10-11H2,1-3H3. The number of hydrogen-bond acceptors (Lipinski definition) is 2. The zero-order valence-corrected chi connectivity index (χ0v) is 13.4. The Hall–Kier alpha value is -0.353. The first kappa shape index (κ1) is 15.7. The molecule has 0 aromatic heterocycles. The van der Waals surface area contributed by atoms with E-state index in [-0.39, 0.29) is 0 Å². The molecule has 0 saturated carbocycles. The number of rotatable bonds is 8. The van der Waals surface area contributed by atoms with Gasteiger partial charge in [-0.1, -0.05) is 31.2 Å². The molecular formula is C14H23ClO2Si. The van der Waals surface area contributed by atoms with Crippen LogP contribution in [0.2, 0.25) is 6.04 Å². The Morgan fingerprint density at radius 1 is 1.11 bits per heavy atom. The van der Waals surface area contributed by atoms with Gasteiger partial charge in [0.1, 0.15) is 0 Å². The van der Waals surface area contributed by atoms with Crippen LogP contribution in [0.15, 0.2) is 24.3 Å². The Bertz CT molecular complexity index is 323. The number of benzene rings is 1. The highest BCUT2D eigenvalue weighted by molar-refractivity contribution is 6.44. The van der Waals surface area contributed by atoms with Crippen LogP contribution in [0.25, 0.3) is 0 Å². The van der Waals surface area contributed by atoms with Crippen LogP contribution in [0.5, 0.6) is 0 Å². The second-order valence-electron chi connectivity index (χ2n) is 4.35. The second kappa shape index (κ2) is 8.70. The van der Waals surface area contributed by atoms with E-state index < -0.39 is 9.28 Å². The van der Waals surface area contributed by atoms with Gasteiger partial charge < -0.3 is 8.85 Å². The summed E-state index contributed by atoms with van der Waals surface area (Å²) < 4.78 is 11.4. The Labute approximate surface area is 117 Å². The van der Waals surface area contributed by atoms with Gasteiger partial charge in [0.25, 0.3) is 0 Å². The maximum atomic E-state index is 5.79. The molecule has 0 N–H and O–H groups in total. The van der Waals surface area contributed by atoms with E-state index in [1.54, 1.807) is 0 Å². The zero-order valence-electron chi connectivity index (χ0n) is 11.5. The van der Waals surface area contributed by atoms with Gasteiger partial charge in [-0.2, -0.15) is 0 Å². The first-order valence-electron chi connectivity index (χ1n) is 6.59. The van der Waals surface area contributed by atoms with Crippen molar-refractivity contribution in [1.29, 1.82) is 0 Å². The van der Waals surface area contributed by atoms with Gasteiger partial charge in [-0.15, -0.1) is 11.6 Å². The minimum absolute atomic E-state index is 0.476. The number of hydrogen-bond donors (Lipinski definition) is 0. The Balaban J connectivity index is 2.58. The van der Waals surface area contributed by atoms with E-state index in [9.17, 15) is 0 Å². The molecule has 0 spiro atoms. The van der Waals surface area contributed by atoms with Crippen molar-refractivity contribution in [3.63, 3.8) is 0 Å². The van der Waals surface area contributed by atoms with Crippen molar-refractivity contribution in [2.45, 2.75) is 38.6 Å². The van der Waals surface area contributed by atoms with E-state index in [4.69, 9.17) is 20.5 Å². The Morgan fingerprint density at radius 2 is 1.67 bits per heavy atom. The lowest BCUT2D eigenvalue weighted by Gasteiger charge is -2.19. The molecule has 1 atom stereocenters. The van der Waals surface area contributed by atoms with Crippen LogP contribution in [-0.4, -0.2) is 22.5 Å². The van der Waals surface area contributed by atoms with Crippen molar-refractivity contribution in [3.8, 4) is 0 Å². The molecule has 102 valence electrons. The summed E-state index contributed by atoms with van der Waals surface area (Å²) in [5.41, 5.74) is 2.50. The highest BCUT2D eigenvalue weighted by atomic mass is 35.5. The molecule has 0 amide bonds. The Kier molecular flexibility index (Phi) is 7.59. The quantitative estimate of drug-likeness (QED) is 0.534. The third kappa shape index (κ3) is 5.10. The van der Waals surface area contributed by atoms with Gasteiger partial charge in [-0.05, 0) is 36.9 Å². The summed E-state index contributed by atoms with van der Waals surface area (Å²) >= 11 is 5.79. The van der Waals surface area contributed by atoms with E-state index >= 15 is 0 Å².